The molecule has 0 spiro atoms. The van der Waals surface area contributed by atoms with Gasteiger partial charge in [-0.1, -0.05) is 12.8 Å². The Morgan fingerprint density at radius 3 is 2.45 bits per heavy atom. The highest BCUT2D eigenvalue weighted by Gasteiger charge is 2.23. The molecule has 1 aliphatic heterocycles. The van der Waals surface area contributed by atoms with Gasteiger partial charge in [0.25, 0.3) is 0 Å². The maximum absolute atomic E-state index is 12.3. The van der Waals surface area contributed by atoms with Crippen molar-refractivity contribution in [1.82, 2.24) is 4.31 Å². The lowest BCUT2D eigenvalue weighted by Gasteiger charge is -2.21. The van der Waals surface area contributed by atoms with Crippen LogP contribution in [-0.4, -0.2) is 25.8 Å². The van der Waals surface area contributed by atoms with Crippen LogP contribution < -0.4 is 10.5 Å². The number of nitrogens with two attached hydrogens (primary N) is 1. The number of nitrogens with one attached hydrogen (secondary N) is 1. The van der Waals surface area contributed by atoms with Gasteiger partial charge in [0.2, 0.25) is 0 Å². The van der Waals surface area contributed by atoms with Gasteiger partial charge in [-0.25, -0.2) is 0 Å². The third kappa shape index (κ3) is 3.40. The van der Waals surface area contributed by atoms with Crippen LogP contribution in [0.2, 0.25) is 0 Å². The quantitative estimate of drug-likeness (QED) is 0.828. The van der Waals surface area contributed by atoms with Crippen LogP contribution in [-0.2, 0) is 10.2 Å². The van der Waals surface area contributed by atoms with Crippen LogP contribution in [0.25, 0.3) is 0 Å². The van der Waals surface area contributed by atoms with Gasteiger partial charge in [-0.3, -0.25) is 4.72 Å². The molecule has 0 radical (unpaired) electrons. The Morgan fingerprint density at radius 2 is 1.85 bits per heavy atom. The molecule has 0 amide bonds. The van der Waals surface area contributed by atoms with E-state index in [-0.39, 0.29) is 11.3 Å². The lowest BCUT2D eigenvalue weighted by molar-refractivity contribution is 0.427. The summed E-state index contributed by atoms with van der Waals surface area (Å²) in [4.78, 5) is 0. The second-order valence-corrected chi connectivity index (χ2v) is 6.51. The highest BCUT2D eigenvalue weighted by Crippen LogP contribution is 2.21. The average Bonchev–Trinajstić information content (AvgIpc) is 2.70. The van der Waals surface area contributed by atoms with Gasteiger partial charge in [-0.2, -0.15) is 18.0 Å². The maximum Gasteiger partial charge on any atom is 0.301 e. The van der Waals surface area contributed by atoms with E-state index in [1.807, 2.05) is 6.07 Å². The number of nitrogen functional groups attached to an aromatic ring is 1. The summed E-state index contributed by atoms with van der Waals surface area (Å²) < 4.78 is 28.6. The predicted octanol–water partition coefficient (Wildman–Crippen LogP) is 1.67. The zero-order chi connectivity index (χ0) is 14.6. The molecule has 20 heavy (non-hydrogen) atoms. The Kier molecular flexibility index (Phi) is 4.47. The number of benzene rings is 1. The molecule has 1 heterocycles. The van der Waals surface area contributed by atoms with Crippen molar-refractivity contribution in [3.05, 3.63) is 23.8 Å². The Hall–Kier alpha value is -1.78. The molecule has 1 fully saturated rings. The maximum atomic E-state index is 12.3. The first-order chi connectivity index (χ1) is 9.53. The van der Waals surface area contributed by atoms with E-state index in [2.05, 4.69) is 4.72 Å². The Morgan fingerprint density at radius 1 is 1.20 bits per heavy atom. The van der Waals surface area contributed by atoms with Crippen LogP contribution in [0.4, 0.5) is 11.4 Å². The molecule has 1 aromatic carbocycles. The molecule has 0 aliphatic carbocycles. The summed E-state index contributed by atoms with van der Waals surface area (Å²) in [6, 6.07) is 6.50. The molecule has 0 unspecified atom stereocenters. The van der Waals surface area contributed by atoms with E-state index in [9.17, 15) is 8.42 Å². The van der Waals surface area contributed by atoms with Crippen molar-refractivity contribution >= 4 is 21.6 Å². The van der Waals surface area contributed by atoms with Gasteiger partial charge in [0, 0.05) is 18.8 Å². The highest BCUT2D eigenvalue weighted by molar-refractivity contribution is 7.90. The molecular weight excluding hydrogens is 276 g/mol. The number of hydrogen-bond donors (Lipinski definition) is 2. The molecule has 1 saturated heterocycles. The molecule has 3 N–H and O–H groups in total. The molecule has 1 aliphatic rings. The molecule has 6 nitrogen and oxygen atoms in total. The zero-order valence-electron chi connectivity index (χ0n) is 11.2. The van der Waals surface area contributed by atoms with Crippen LogP contribution in [0.1, 0.15) is 31.2 Å². The van der Waals surface area contributed by atoms with Gasteiger partial charge in [0.05, 0.1) is 11.3 Å². The van der Waals surface area contributed by atoms with Gasteiger partial charge < -0.3 is 5.73 Å². The van der Waals surface area contributed by atoms with Crippen LogP contribution in [0.5, 0.6) is 0 Å². The standard InChI is InChI=1S/C13H18N4O2S/c14-10-11-9-12(15)5-6-13(11)16-20(18,19)17-7-3-1-2-4-8-17/h5-6,9,16H,1-4,7-8,15H2. The molecule has 0 aromatic heterocycles. The van der Waals surface area contributed by atoms with Gasteiger partial charge in [0.1, 0.15) is 6.07 Å². The van der Waals surface area contributed by atoms with Crippen molar-refractivity contribution < 1.29 is 8.42 Å². The Bertz CT molecular complexity index is 614. The summed E-state index contributed by atoms with van der Waals surface area (Å²) >= 11 is 0. The third-order valence-electron chi connectivity index (χ3n) is 3.31. The number of hydrogen-bond acceptors (Lipinski definition) is 4. The minimum absolute atomic E-state index is 0.225. The molecule has 2 rings (SSSR count). The first kappa shape index (κ1) is 14.6. The van der Waals surface area contributed by atoms with Crippen LogP contribution >= 0.6 is 0 Å². The Labute approximate surface area is 119 Å². The topological polar surface area (TPSA) is 99.2 Å². The van der Waals surface area contributed by atoms with E-state index in [0.29, 0.717) is 18.8 Å². The summed E-state index contributed by atoms with van der Waals surface area (Å²) in [5.41, 5.74) is 6.52. The fraction of sp³-hybridized carbons (Fsp3) is 0.462. The second-order valence-electron chi connectivity index (χ2n) is 4.84. The lowest BCUT2D eigenvalue weighted by Crippen LogP contribution is -2.36. The number of nitrogens with zero attached hydrogens (tertiary/aromatic N) is 2. The number of nitriles is 1. The zero-order valence-corrected chi connectivity index (χ0v) is 12.0. The smallest absolute Gasteiger partial charge is 0.301 e. The fourth-order valence-corrected chi connectivity index (χ4v) is 3.55. The van der Waals surface area contributed by atoms with Crippen LogP contribution in [0.15, 0.2) is 18.2 Å². The molecule has 108 valence electrons. The minimum atomic E-state index is -3.61. The van der Waals surface area contributed by atoms with E-state index in [1.54, 1.807) is 6.07 Å². The average molecular weight is 294 g/mol. The van der Waals surface area contributed by atoms with Gasteiger partial charge in [-0.15, -0.1) is 0 Å². The van der Waals surface area contributed by atoms with E-state index in [4.69, 9.17) is 11.0 Å². The molecule has 1 aromatic rings. The first-order valence-corrected chi connectivity index (χ1v) is 8.04. The van der Waals surface area contributed by atoms with E-state index in [0.717, 1.165) is 25.7 Å². The SMILES string of the molecule is N#Cc1cc(N)ccc1NS(=O)(=O)N1CCCCCC1. The normalized spacial score (nSPS) is 17.1. The molecule has 0 saturated carbocycles. The highest BCUT2D eigenvalue weighted by atomic mass is 32.2. The summed E-state index contributed by atoms with van der Waals surface area (Å²) in [5, 5.41) is 9.04. The fourth-order valence-electron chi connectivity index (χ4n) is 2.23. The first-order valence-electron chi connectivity index (χ1n) is 6.60. The van der Waals surface area contributed by atoms with Crippen molar-refractivity contribution in [1.29, 1.82) is 5.26 Å². The van der Waals surface area contributed by atoms with Crippen molar-refractivity contribution in [2.45, 2.75) is 25.7 Å². The lowest BCUT2D eigenvalue weighted by atomic mass is 10.2. The van der Waals surface area contributed by atoms with Gasteiger partial charge in [0.15, 0.2) is 0 Å². The largest absolute Gasteiger partial charge is 0.399 e. The summed E-state index contributed by atoms with van der Waals surface area (Å²) in [6.45, 7) is 1.04. The van der Waals surface area contributed by atoms with E-state index >= 15 is 0 Å². The minimum Gasteiger partial charge on any atom is -0.399 e. The predicted molar refractivity (Wildman–Crippen MR) is 78.2 cm³/mol. The number of anilines is 2. The van der Waals surface area contributed by atoms with Crippen molar-refractivity contribution in [3.63, 3.8) is 0 Å². The molecular formula is C13H18N4O2S. The van der Waals surface area contributed by atoms with E-state index in [1.165, 1.54) is 16.4 Å². The van der Waals surface area contributed by atoms with E-state index < -0.39 is 10.2 Å². The van der Waals surface area contributed by atoms with Crippen LogP contribution in [0, 0.1) is 11.3 Å². The summed E-state index contributed by atoms with van der Waals surface area (Å²) in [5.74, 6) is 0. The number of rotatable bonds is 3. The second kappa shape index (κ2) is 6.11. The molecule has 7 heteroatoms. The van der Waals surface area contributed by atoms with Crippen molar-refractivity contribution in [2.75, 3.05) is 23.5 Å². The van der Waals surface area contributed by atoms with Gasteiger partial charge >= 0.3 is 10.2 Å². The summed E-state index contributed by atoms with van der Waals surface area (Å²) in [6.07, 6.45) is 3.84. The Balaban J connectivity index is 2.21. The molecule has 0 bridgehead atoms. The van der Waals surface area contributed by atoms with Crippen LogP contribution in [0.3, 0.4) is 0 Å². The van der Waals surface area contributed by atoms with Gasteiger partial charge in [-0.05, 0) is 31.0 Å². The third-order valence-corrected chi connectivity index (χ3v) is 4.83. The van der Waals surface area contributed by atoms with Crippen molar-refractivity contribution in [3.8, 4) is 6.07 Å². The van der Waals surface area contributed by atoms with Crippen molar-refractivity contribution in [2.24, 2.45) is 0 Å². The summed E-state index contributed by atoms with van der Waals surface area (Å²) in [7, 11) is -3.61. The molecule has 0 atom stereocenters. The monoisotopic (exact) mass is 294 g/mol.